The predicted molar refractivity (Wildman–Crippen MR) is 105 cm³/mol. The van der Waals surface area contributed by atoms with Gasteiger partial charge in [0.15, 0.2) is 11.6 Å². The number of nitrogens with one attached hydrogen (secondary N) is 2. The fourth-order valence-electron chi connectivity index (χ4n) is 2.80. The van der Waals surface area contributed by atoms with E-state index in [1.165, 1.54) is 5.56 Å². The zero-order valence-corrected chi connectivity index (χ0v) is 16.6. The van der Waals surface area contributed by atoms with Crippen LogP contribution >= 0.6 is 11.6 Å². The van der Waals surface area contributed by atoms with Gasteiger partial charge in [-0.1, -0.05) is 43.1 Å². The summed E-state index contributed by atoms with van der Waals surface area (Å²) in [5.74, 6) is 1.66. The molecule has 2 aromatic rings. The van der Waals surface area contributed by atoms with E-state index < -0.39 is 0 Å². The van der Waals surface area contributed by atoms with E-state index in [4.69, 9.17) is 16.4 Å². The molecule has 0 aliphatic carbocycles. The zero-order chi connectivity index (χ0) is 18.6. The van der Waals surface area contributed by atoms with E-state index in [0.29, 0.717) is 22.5 Å². The topological polar surface area (TPSA) is 59.1 Å². The van der Waals surface area contributed by atoms with Crippen LogP contribution in [-0.4, -0.2) is 16.1 Å². The Morgan fingerprint density at radius 2 is 1.56 bits per heavy atom. The first-order valence-electron chi connectivity index (χ1n) is 8.66. The van der Waals surface area contributed by atoms with Crippen molar-refractivity contribution in [2.75, 3.05) is 10.8 Å². The highest BCUT2D eigenvalue weighted by molar-refractivity contribution is 6.35. The monoisotopic (exact) mass is 362 g/mol. The van der Waals surface area contributed by atoms with Crippen LogP contribution in [0, 0.1) is 27.7 Å². The minimum Gasteiger partial charge on any atom is -0.338 e. The van der Waals surface area contributed by atoms with E-state index in [1.54, 1.807) is 0 Å². The van der Waals surface area contributed by atoms with Gasteiger partial charge < -0.3 is 5.32 Å². The number of nitrogens with zero attached hydrogens (tertiary/aromatic N) is 2. The molecule has 0 aliphatic heterocycles. The van der Waals surface area contributed by atoms with Gasteiger partial charge in [-0.05, 0) is 51.7 Å². The Kier molecular flexibility index (Phi) is 6.62. The number of anilines is 3. The van der Waals surface area contributed by atoms with Crippen LogP contribution in [0.2, 0.25) is 5.02 Å². The highest BCUT2D eigenvalue weighted by Gasteiger charge is 2.15. The normalized spacial score (nSPS) is 11.0. The number of halogens is 1. The lowest BCUT2D eigenvalue weighted by Crippen LogP contribution is -2.16. The number of hydrogen-bond donors (Lipinski definition) is 2. The van der Waals surface area contributed by atoms with Gasteiger partial charge in [-0.15, -0.1) is 0 Å². The van der Waals surface area contributed by atoms with Gasteiger partial charge in [-0.25, -0.2) is 15.4 Å². The van der Waals surface area contributed by atoms with Crippen LogP contribution in [0.4, 0.5) is 17.3 Å². The van der Waals surface area contributed by atoms with E-state index in [2.05, 4.69) is 67.5 Å². The number of aromatic nitrogens is 2. The van der Waals surface area contributed by atoms with Crippen molar-refractivity contribution in [3.8, 4) is 0 Å². The second-order valence-electron chi connectivity index (χ2n) is 6.34. The molecule has 1 aromatic carbocycles. The molecule has 0 fully saturated rings. The van der Waals surface area contributed by atoms with Gasteiger partial charge in [0.25, 0.3) is 0 Å². The third-order valence-electron chi connectivity index (χ3n) is 4.12. The Balaban J connectivity index is 2.30. The molecule has 1 aromatic heterocycles. The highest BCUT2D eigenvalue weighted by atomic mass is 35.5. The standard InChI is InChI=1S/C19H27ClN4O/c1-7-15(8-2)25-24-19-16(20)18(21-14(6)22-19)23-17-12(4)9-11(3)10-13(17)5/h9-10,15H,7-8H2,1-6H3,(H2,21,22,23,24). The van der Waals surface area contributed by atoms with Crippen molar-refractivity contribution < 1.29 is 4.84 Å². The molecule has 1 heterocycles. The Bertz CT molecular complexity index is 721. The van der Waals surface area contributed by atoms with Crippen molar-refractivity contribution in [3.05, 3.63) is 39.7 Å². The molecule has 2 rings (SSSR count). The fourth-order valence-corrected chi connectivity index (χ4v) is 2.97. The van der Waals surface area contributed by atoms with Gasteiger partial charge >= 0.3 is 0 Å². The Labute approximate surface area is 155 Å². The minimum absolute atomic E-state index is 0.115. The maximum Gasteiger partial charge on any atom is 0.174 e. The summed E-state index contributed by atoms with van der Waals surface area (Å²) in [6.07, 6.45) is 1.94. The van der Waals surface area contributed by atoms with Crippen LogP contribution in [-0.2, 0) is 4.84 Å². The van der Waals surface area contributed by atoms with Crippen LogP contribution in [0.3, 0.4) is 0 Å². The number of rotatable bonds is 7. The Morgan fingerprint density at radius 1 is 1.00 bits per heavy atom. The first-order chi connectivity index (χ1) is 11.8. The molecule has 6 heteroatoms. The average molecular weight is 363 g/mol. The van der Waals surface area contributed by atoms with Crippen LogP contribution < -0.4 is 10.8 Å². The van der Waals surface area contributed by atoms with Gasteiger partial charge in [0, 0.05) is 5.69 Å². The summed E-state index contributed by atoms with van der Waals surface area (Å²) in [5.41, 5.74) is 7.43. The minimum atomic E-state index is 0.115. The molecule has 136 valence electrons. The predicted octanol–water partition coefficient (Wildman–Crippen LogP) is 5.64. The van der Waals surface area contributed by atoms with Crippen molar-refractivity contribution in [1.29, 1.82) is 0 Å². The van der Waals surface area contributed by atoms with E-state index in [0.717, 1.165) is 29.7 Å². The van der Waals surface area contributed by atoms with E-state index in [1.807, 2.05) is 6.92 Å². The molecule has 0 saturated heterocycles. The molecule has 0 unspecified atom stereocenters. The maximum absolute atomic E-state index is 6.51. The number of aryl methyl sites for hydroxylation is 4. The summed E-state index contributed by atoms with van der Waals surface area (Å²) in [6, 6.07) is 4.26. The molecule has 0 bridgehead atoms. The molecule has 0 radical (unpaired) electrons. The lowest BCUT2D eigenvalue weighted by atomic mass is 10.1. The SMILES string of the molecule is CCC(CC)ONc1nc(C)nc(Nc2c(C)cc(C)cc2C)c1Cl. The summed E-state index contributed by atoms with van der Waals surface area (Å²) >= 11 is 6.51. The summed E-state index contributed by atoms with van der Waals surface area (Å²) in [5, 5.41) is 3.77. The average Bonchev–Trinajstić information content (AvgIpc) is 2.55. The molecule has 25 heavy (non-hydrogen) atoms. The molecule has 0 amide bonds. The van der Waals surface area contributed by atoms with Crippen molar-refractivity contribution >= 4 is 28.9 Å². The molecule has 0 spiro atoms. The van der Waals surface area contributed by atoms with Gasteiger partial charge in [-0.3, -0.25) is 4.84 Å². The summed E-state index contributed by atoms with van der Waals surface area (Å²) in [7, 11) is 0. The first kappa shape index (κ1) is 19.5. The summed E-state index contributed by atoms with van der Waals surface area (Å²) in [4.78, 5) is 14.5. The second-order valence-corrected chi connectivity index (χ2v) is 6.72. The van der Waals surface area contributed by atoms with E-state index in [9.17, 15) is 0 Å². The first-order valence-corrected chi connectivity index (χ1v) is 9.04. The molecule has 0 saturated carbocycles. The quantitative estimate of drug-likeness (QED) is 0.624. The molecule has 0 aliphatic rings. The van der Waals surface area contributed by atoms with Crippen LogP contribution in [0.15, 0.2) is 12.1 Å². The smallest absolute Gasteiger partial charge is 0.174 e. The zero-order valence-electron chi connectivity index (χ0n) is 15.8. The number of hydrogen-bond acceptors (Lipinski definition) is 5. The largest absolute Gasteiger partial charge is 0.338 e. The Morgan fingerprint density at radius 3 is 2.12 bits per heavy atom. The van der Waals surface area contributed by atoms with Crippen LogP contribution in [0.5, 0.6) is 0 Å². The molecule has 2 N–H and O–H groups in total. The van der Waals surface area contributed by atoms with Crippen molar-refractivity contribution in [2.45, 2.75) is 60.5 Å². The summed E-state index contributed by atoms with van der Waals surface area (Å²) < 4.78 is 0. The van der Waals surface area contributed by atoms with Crippen molar-refractivity contribution in [1.82, 2.24) is 9.97 Å². The fraction of sp³-hybridized carbons (Fsp3) is 0.474. The molecular weight excluding hydrogens is 336 g/mol. The molecule has 5 nitrogen and oxygen atoms in total. The van der Waals surface area contributed by atoms with Crippen LogP contribution in [0.25, 0.3) is 0 Å². The third-order valence-corrected chi connectivity index (χ3v) is 4.47. The lowest BCUT2D eigenvalue weighted by Gasteiger charge is -2.18. The highest BCUT2D eigenvalue weighted by Crippen LogP contribution is 2.32. The Hall–Kier alpha value is -1.85. The second kappa shape index (κ2) is 8.50. The maximum atomic E-state index is 6.51. The van der Waals surface area contributed by atoms with E-state index in [-0.39, 0.29) is 6.10 Å². The summed E-state index contributed by atoms with van der Waals surface area (Å²) in [6.45, 7) is 12.2. The number of benzene rings is 1. The van der Waals surface area contributed by atoms with E-state index >= 15 is 0 Å². The van der Waals surface area contributed by atoms with Gasteiger partial charge in [0.2, 0.25) is 0 Å². The molecular formula is C19H27ClN4O. The third kappa shape index (κ3) is 4.83. The lowest BCUT2D eigenvalue weighted by molar-refractivity contribution is 0.0925. The van der Waals surface area contributed by atoms with Gasteiger partial charge in [0.1, 0.15) is 10.8 Å². The van der Waals surface area contributed by atoms with Gasteiger partial charge in [-0.2, -0.15) is 0 Å². The molecule has 0 atom stereocenters. The van der Waals surface area contributed by atoms with Gasteiger partial charge in [0.05, 0.1) is 6.10 Å². The van der Waals surface area contributed by atoms with Crippen molar-refractivity contribution in [2.24, 2.45) is 0 Å². The van der Waals surface area contributed by atoms with Crippen LogP contribution in [0.1, 0.15) is 49.2 Å². The van der Waals surface area contributed by atoms with Crippen molar-refractivity contribution in [3.63, 3.8) is 0 Å².